The topological polar surface area (TPSA) is 192 Å². The summed E-state index contributed by atoms with van der Waals surface area (Å²) in [6.07, 6.45) is 1.65. The van der Waals surface area contributed by atoms with E-state index in [0.29, 0.717) is 24.0 Å². The van der Waals surface area contributed by atoms with Gasteiger partial charge in [-0.25, -0.2) is 18.2 Å². The van der Waals surface area contributed by atoms with E-state index in [1.807, 2.05) is 6.07 Å². The molecule has 3 N–H and O–H groups in total. The van der Waals surface area contributed by atoms with Gasteiger partial charge in [-0.3, -0.25) is 19.1 Å². The zero-order valence-electron chi connectivity index (χ0n) is 29.8. The molecular weight excluding hydrogens is 682 g/mol. The van der Waals surface area contributed by atoms with Crippen molar-refractivity contribution in [3.8, 4) is 11.6 Å². The van der Waals surface area contributed by atoms with Crippen LogP contribution in [0.1, 0.15) is 60.3 Å². The molecule has 1 aromatic carbocycles. The third-order valence-corrected chi connectivity index (χ3v) is 11.0. The van der Waals surface area contributed by atoms with Crippen LogP contribution in [0.3, 0.4) is 0 Å². The minimum absolute atomic E-state index is 0.00913. The van der Waals surface area contributed by atoms with Crippen LogP contribution >= 0.6 is 0 Å². The van der Waals surface area contributed by atoms with Gasteiger partial charge in [0.2, 0.25) is 27.7 Å². The largest absolute Gasteiger partial charge is 0.497 e. The number of carbonyl (C=O) groups excluding carboxylic acids is 4. The summed E-state index contributed by atoms with van der Waals surface area (Å²) in [5, 5.41) is 6.20. The van der Waals surface area contributed by atoms with Crippen LogP contribution in [0.25, 0.3) is 10.8 Å². The van der Waals surface area contributed by atoms with Crippen LogP contribution in [-0.4, -0.2) is 103 Å². The third kappa shape index (κ3) is 8.55. The van der Waals surface area contributed by atoms with E-state index in [4.69, 9.17) is 18.9 Å². The maximum atomic E-state index is 14.4. The standard InChI is InChI=1S/C35H47N5O10S/c1-8-22-18-35(22,32(43)39-51(45,46)25-11-12-25)38-29(41)27-17-24(49-30-26-13-10-23(47-7)16-21(26)14-15-36-30)19-40(27)31(42)28(20(3)48-9-2)37-33(44)50-34(4,5)6/h8,10,13-16,20,22,24-25,27-28H,1,9,11-12,17-19H2,2-7H3,(H,37,44)(H,38,41)(H,39,43). The minimum Gasteiger partial charge on any atom is -0.497 e. The van der Waals surface area contributed by atoms with Gasteiger partial charge < -0.3 is 34.5 Å². The van der Waals surface area contributed by atoms with Crippen LogP contribution < -0.4 is 24.8 Å². The second kappa shape index (κ2) is 14.7. The molecule has 2 aromatic rings. The van der Waals surface area contributed by atoms with Gasteiger partial charge in [-0.15, -0.1) is 6.58 Å². The SMILES string of the molecule is C=CC1CC1(NC(=O)C1CC(Oc2nccc3cc(OC)ccc23)CN1C(=O)C(NC(=O)OC(C)(C)C)C(C)OCC)C(=O)NS(=O)(=O)C1CC1. The number of carbonyl (C=O) groups is 4. The third-order valence-electron chi connectivity index (χ3n) is 9.15. The number of hydrogen-bond donors (Lipinski definition) is 3. The molecule has 1 aromatic heterocycles. The van der Waals surface area contributed by atoms with E-state index in [1.165, 1.54) is 11.0 Å². The van der Waals surface area contributed by atoms with E-state index in [9.17, 15) is 27.6 Å². The highest BCUT2D eigenvalue weighted by molar-refractivity contribution is 7.91. The number of nitrogens with one attached hydrogen (secondary N) is 3. The molecule has 2 heterocycles. The second-order valence-corrected chi connectivity index (χ2v) is 16.1. The molecule has 1 aliphatic heterocycles. The lowest BCUT2D eigenvalue weighted by atomic mass is 10.1. The van der Waals surface area contributed by atoms with Gasteiger partial charge in [0.15, 0.2) is 0 Å². The van der Waals surface area contributed by atoms with E-state index in [1.54, 1.807) is 66.1 Å². The summed E-state index contributed by atoms with van der Waals surface area (Å²) in [6.45, 7) is 12.3. The van der Waals surface area contributed by atoms with Crippen molar-refractivity contribution in [1.29, 1.82) is 0 Å². The van der Waals surface area contributed by atoms with Crippen molar-refractivity contribution >= 4 is 44.6 Å². The number of sulfonamides is 1. The van der Waals surface area contributed by atoms with Crippen molar-refractivity contribution in [3.05, 3.63) is 43.1 Å². The Kier molecular flexibility index (Phi) is 10.9. The van der Waals surface area contributed by atoms with Crippen LogP contribution in [-0.2, 0) is 33.9 Å². The number of amides is 4. The molecule has 0 radical (unpaired) electrons. The van der Waals surface area contributed by atoms with Crippen molar-refractivity contribution in [2.24, 2.45) is 5.92 Å². The van der Waals surface area contributed by atoms with Crippen molar-refractivity contribution in [2.75, 3.05) is 20.3 Å². The second-order valence-electron chi connectivity index (χ2n) is 14.2. The molecule has 3 aliphatic rings. The van der Waals surface area contributed by atoms with Crippen LogP contribution in [0.4, 0.5) is 4.79 Å². The first-order chi connectivity index (χ1) is 24.0. The number of aromatic nitrogens is 1. The summed E-state index contributed by atoms with van der Waals surface area (Å²) < 4.78 is 50.3. The van der Waals surface area contributed by atoms with Gasteiger partial charge in [0.25, 0.3) is 5.91 Å². The van der Waals surface area contributed by atoms with Crippen LogP contribution in [0, 0.1) is 5.92 Å². The Bertz CT molecular complexity index is 1790. The average molecular weight is 730 g/mol. The lowest BCUT2D eigenvalue weighted by molar-refractivity contribution is -0.143. The van der Waals surface area contributed by atoms with Gasteiger partial charge in [-0.1, -0.05) is 6.08 Å². The van der Waals surface area contributed by atoms with Crippen molar-refractivity contribution < 1.29 is 46.5 Å². The Labute approximate surface area is 297 Å². The highest BCUT2D eigenvalue weighted by Gasteiger charge is 2.62. The minimum atomic E-state index is -3.91. The highest BCUT2D eigenvalue weighted by Crippen LogP contribution is 2.45. The number of rotatable bonds is 14. The molecule has 5 rings (SSSR count). The number of benzene rings is 1. The predicted octanol–water partition coefficient (Wildman–Crippen LogP) is 2.58. The maximum Gasteiger partial charge on any atom is 0.408 e. The number of hydrogen-bond acceptors (Lipinski definition) is 11. The molecule has 2 aliphatic carbocycles. The Balaban J connectivity index is 1.44. The molecule has 15 nitrogen and oxygen atoms in total. The first kappa shape index (κ1) is 37.8. The van der Waals surface area contributed by atoms with Crippen LogP contribution in [0.2, 0.25) is 0 Å². The first-order valence-corrected chi connectivity index (χ1v) is 18.6. The van der Waals surface area contributed by atoms with E-state index in [2.05, 4.69) is 26.9 Å². The van der Waals surface area contributed by atoms with E-state index >= 15 is 0 Å². The van der Waals surface area contributed by atoms with Gasteiger partial charge >= 0.3 is 6.09 Å². The monoisotopic (exact) mass is 729 g/mol. The van der Waals surface area contributed by atoms with E-state index in [0.717, 1.165) is 5.39 Å². The molecular formula is C35H47N5O10S. The molecule has 51 heavy (non-hydrogen) atoms. The number of alkyl carbamates (subject to hydrolysis) is 1. The summed E-state index contributed by atoms with van der Waals surface area (Å²) in [4.78, 5) is 60.6. The fraction of sp³-hybridized carbons (Fsp3) is 0.571. The van der Waals surface area contributed by atoms with E-state index in [-0.39, 0.29) is 31.9 Å². The summed E-state index contributed by atoms with van der Waals surface area (Å²) in [7, 11) is -2.35. The lowest BCUT2D eigenvalue weighted by Gasteiger charge is -2.32. The fourth-order valence-electron chi connectivity index (χ4n) is 6.25. The molecule has 2 saturated carbocycles. The number of methoxy groups -OCH3 is 1. The zero-order chi connectivity index (χ0) is 37.3. The van der Waals surface area contributed by atoms with Gasteiger partial charge in [0.1, 0.15) is 35.1 Å². The molecule has 0 bridgehead atoms. The molecule has 278 valence electrons. The number of nitrogens with zero attached hydrogens (tertiary/aromatic N) is 2. The van der Waals surface area contributed by atoms with Crippen molar-refractivity contribution in [3.63, 3.8) is 0 Å². The zero-order valence-corrected chi connectivity index (χ0v) is 30.6. The predicted molar refractivity (Wildman–Crippen MR) is 186 cm³/mol. The summed E-state index contributed by atoms with van der Waals surface area (Å²) in [6, 6.07) is 4.73. The van der Waals surface area contributed by atoms with Gasteiger partial charge in [0.05, 0.1) is 25.0 Å². The highest BCUT2D eigenvalue weighted by atomic mass is 32.2. The van der Waals surface area contributed by atoms with Crippen LogP contribution in [0.5, 0.6) is 11.6 Å². The van der Waals surface area contributed by atoms with Crippen LogP contribution in [0.15, 0.2) is 43.1 Å². The summed E-state index contributed by atoms with van der Waals surface area (Å²) in [5.74, 6) is -1.83. The molecule has 6 unspecified atom stereocenters. The number of ether oxygens (including phenoxy) is 4. The van der Waals surface area contributed by atoms with E-state index < -0.39 is 80.4 Å². The smallest absolute Gasteiger partial charge is 0.408 e. The van der Waals surface area contributed by atoms with Gasteiger partial charge in [-0.05, 0) is 83.5 Å². The number of pyridine rings is 1. The first-order valence-electron chi connectivity index (χ1n) is 17.0. The fourth-order valence-corrected chi connectivity index (χ4v) is 7.62. The van der Waals surface area contributed by atoms with Crippen molar-refractivity contribution in [1.82, 2.24) is 25.2 Å². The maximum absolute atomic E-state index is 14.4. The lowest BCUT2D eigenvalue weighted by Crippen LogP contribution is -2.60. The quantitative estimate of drug-likeness (QED) is 0.242. The van der Waals surface area contributed by atoms with Gasteiger partial charge in [0, 0.05) is 30.5 Å². The summed E-state index contributed by atoms with van der Waals surface area (Å²) >= 11 is 0. The van der Waals surface area contributed by atoms with Gasteiger partial charge in [-0.2, -0.15) is 0 Å². The molecule has 16 heteroatoms. The Morgan fingerprint density at radius 2 is 1.90 bits per heavy atom. The Morgan fingerprint density at radius 1 is 1.18 bits per heavy atom. The molecule has 1 saturated heterocycles. The molecule has 4 amide bonds. The molecule has 0 spiro atoms. The number of likely N-dealkylation sites (tertiary alicyclic amines) is 1. The van der Waals surface area contributed by atoms with Crippen molar-refractivity contribution in [2.45, 2.75) is 101 Å². The Morgan fingerprint density at radius 3 is 2.51 bits per heavy atom. The normalized spacial score (nSPS) is 24.2. The average Bonchev–Trinajstić information content (AvgIpc) is 3.99. The summed E-state index contributed by atoms with van der Waals surface area (Å²) in [5.41, 5.74) is -2.43. The number of fused-ring (bicyclic) bond motifs is 1. The molecule has 6 atom stereocenters. The molecule has 3 fully saturated rings. The Hall–Kier alpha value is -4.44.